The van der Waals surface area contributed by atoms with Crippen molar-refractivity contribution in [3.8, 4) is 17.6 Å². The number of likely N-dealkylation sites (tertiary alicyclic amines) is 1. The Morgan fingerprint density at radius 2 is 2.00 bits per heavy atom. The van der Waals surface area contributed by atoms with E-state index in [1.807, 2.05) is 24.0 Å². The fourth-order valence-corrected chi connectivity index (χ4v) is 3.23. The van der Waals surface area contributed by atoms with Gasteiger partial charge < -0.3 is 14.4 Å². The van der Waals surface area contributed by atoms with E-state index in [0.717, 1.165) is 12.8 Å². The quantitative estimate of drug-likeness (QED) is 0.632. The predicted molar refractivity (Wildman–Crippen MR) is 104 cm³/mol. The fraction of sp³-hybridized carbons (Fsp3) is 0.350. The second kappa shape index (κ2) is 8.68. The maximum absolute atomic E-state index is 12.8. The standard InChI is InChI=1S/C20H22N6O3/c1-2-28-19-16(5-3-10-21-19)20(27)25-13-8-15(9-14-25)29-18-7-6-17(23-24-18)26-12-4-11-22-26/h3-7,10-12,15H,2,8-9,13-14H2,1H3. The van der Waals surface area contributed by atoms with Crippen molar-refractivity contribution in [2.45, 2.75) is 25.9 Å². The molecule has 0 aliphatic carbocycles. The average Bonchev–Trinajstić information content (AvgIpc) is 3.30. The van der Waals surface area contributed by atoms with Gasteiger partial charge in [-0.15, -0.1) is 10.2 Å². The van der Waals surface area contributed by atoms with Crippen LogP contribution < -0.4 is 9.47 Å². The number of nitrogens with zero attached hydrogens (tertiary/aromatic N) is 6. The summed E-state index contributed by atoms with van der Waals surface area (Å²) in [5.74, 6) is 1.41. The number of rotatable bonds is 6. The molecule has 3 aromatic rings. The van der Waals surface area contributed by atoms with Crippen LogP contribution in [0.5, 0.6) is 11.8 Å². The van der Waals surface area contributed by atoms with Crippen LogP contribution in [0.3, 0.4) is 0 Å². The van der Waals surface area contributed by atoms with Gasteiger partial charge in [0, 0.05) is 50.6 Å². The Bertz CT molecular complexity index is 937. The number of hydrogen-bond donors (Lipinski definition) is 0. The number of pyridine rings is 1. The normalized spacial score (nSPS) is 14.6. The van der Waals surface area contributed by atoms with Gasteiger partial charge in [0.15, 0.2) is 5.82 Å². The van der Waals surface area contributed by atoms with E-state index in [1.165, 1.54) is 0 Å². The second-order valence-corrected chi connectivity index (χ2v) is 6.58. The summed E-state index contributed by atoms with van der Waals surface area (Å²) in [4.78, 5) is 18.8. The largest absolute Gasteiger partial charge is 0.477 e. The van der Waals surface area contributed by atoms with Gasteiger partial charge in [0.05, 0.1) is 6.61 Å². The number of piperidine rings is 1. The van der Waals surface area contributed by atoms with E-state index in [9.17, 15) is 4.79 Å². The van der Waals surface area contributed by atoms with E-state index in [4.69, 9.17) is 9.47 Å². The van der Waals surface area contributed by atoms with Crippen LogP contribution in [0.1, 0.15) is 30.1 Å². The Balaban J connectivity index is 1.33. The molecule has 150 valence electrons. The van der Waals surface area contributed by atoms with Crippen molar-refractivity contribution in [2.75, 3.05) is 19.7 Å². The molecule has 1 aliphatic heterocycles. The minimum Gasteiger partial charge on any atom is -0.477 e. The molecule has 9 nitrogen and oxygen atoms in total. The molecule has 1 aliphatic rings. The zero-order valence-electron chi connectivity index (χ0n) is 16.1. The molecule has 29 heavy (non-hydrogen) atoms. The van der Waals surface area contributed by atoms with Crippen LogP contribution in [0.4, 0.5) is 0 Å². The third kappa shape index (κ3) is 4.34. The van der Waals surface area contributed by atoms with E-state index in [1.54, 1.807) is 41.5 Å². The number of hydrogen-bond acceptors (Lipinski definition) is 7. The Hall–Kier alpha value is -3.49. The first-order valence-corrected chi connectivity index (χ1v) is 9.62. The van der Waals surface area contributed by atoms with Gasteiger partial charge in [-0.2, -0.15) is 5.10 Å². The molecular weight excluding hydrogens is 372 g/mol. The van der Waals surface area contributed by atoms with Crippen LogP contribution in [0.25, 0.3) is 5.82 Å². The highest BCUT2D eigenvalue weighted by molar-refractivity contribution is 5.96. The number of carbonyl (C=O) groups excluding carboxylic acids is 1. The van der Waals surface area contributed by atoms with Crippen LogP contribution in [0, 0.1) is 0 Å². The lowest BCUT2D eigenvalue weighted by atomic mass is 10.1. The number of amides is 1. The van der Waals surface area contributed by atoms with Crippen molar-refractivity contribution in [1.29, 1.82) is 0 Å². The molecule has 0 atom stereocenters. The van der Waals surface area contributed by atoms with E-state index in [-0.39, 0.29) is 12.0 Å². The maximum Gasteiger partial charge on any atom is 0.259 e. The van der Waals surface area contributed by atoms with Crippen LogP contribution in [-0.2, 0) is 0 Å². The van der Waals surface area contributed by atoms with E-state index in [2.05, 4.69) is 20.3 Å². The van der Waals surface area contributed by atoms with Gasteiger partial charge >= 0.3 is 0 Å². The zero-order chi connectivity index (χ0) is 20.1. The van der Waals surface area contributed by atoms with Gasteiger partial charge in [-0.3, -0.25) is 4.79 Å². The number of carbonyl (C=O) groups is 1. The van der Waals surface area contributed by atoms with Gasteiger partial charge in [-0.25, -0.2) is 9.67 Å². The van der Waals surface area contributed by atoms with Crippen molar-refractivity contribution in [3.05, 3.63) is 54.5 Å². The summed E-state index contributed by atoms with van der Waals surface area (Å²) in [7, 11) is 0. The third-order valence-corrected chi connectivity index (χ3v) is 4.66. The summed E-state index contributed by atoms with van der Waals surface area (Å²) < 4.78 is 13.1. The molecule has 0 spiro atoms. The van der Waals surface area contributed by atoms with Gasteiger partial charge in [0.25, 0.3) is 5.91 Å². The summed E-state index contributed by atoms with van der Waals surface area (Å²) in [5.41, 5.74) is 0.494. The zero-order valence-corrected chi connectivity index (χ0v) is 16.1. The molecule has 1 saturated heterocycles. The monoisotopic (exact) mass is 394 g/mol. The Morgan fingerprint density at radius 3 is 2.69 bits per heavy atom. The van der Waals surface area contributed by atoms with E-state index >= 15 is 0 Å². The minimum absolute atomic E-state index is 0.0100. The van der Waals surface area contributed by atoms with E-state index in [0.29, 0.717) is 42.8 Å². The highest BCUT2D eigenvalue weighted by Gasteiger charge is 2.27. The Labute approximate surface area is 168 Å². The fourth-order valence-electron chi connectivity index (χ4n) is 3.23. The first-order valence-electron chi connectivity index (χ1n) is 9.62. The van der Waals surface area contributed by atoms with Crippen LogP contribution in [0.15, 0.2) is 48.9 Å². The van der Waals surface area contributed by atoms with Crippen molar-refractivity contribution in [1.82, 2.24) is 29.9 Å². The number of ether oxygens (including phenoxy) is 2. The van der Waals surface area contributed by atoms with Crippen LogP contribution >= 0.6 is 0 Å². The lowest BCUT2D eigenvalue weighted by Gasteiger charge is -2.32. The van der Waals surface area contributed by atoms with Gasteiger partial charge in [-0.05, 0) is 31.2 Å². The summed E-state index contributed by atoms with van der Waals surface area (Å²) in [5, 5.41) is 12.4. The first kappa shape index (κ1) is 18.9. The highest BCUT2D eigenvalue weighted by Crippen LogP contribution is 2.22. The van der Waals surface area contributed by atoms with Crippen molar-refractivity contribution in [3.63, 3.8) is 0 Å². The lowest BCUT2D eigenvalue weighted by molar-refractivity contribution is 0.0581. The summed E-state index contributed by atoms with van der Waals surface area (Å²) >= 11 is 0. The maximum atomic E-state index is 12.8. The van der Waals surface area contributed by atoms with Crippen molar-refractivity contribution >= 4 is 5.91 Å². The molecule has 4 rings (SSSR count). The third-order valence-electron chi connectivity index (χ3n) is 4.66. The summed E-state index contributed by atoms with van der Waals surface area (Å²) in [6, 6.07) is 8.91. The lowest BCUT2D eigenvalue weighted by Crippen LogP contribution is -2.42. The molecule has 0 bridgehead atoms. The van der Waals surface area contributed by atoms with Crippen LogP contribution in [0.2, 0.25) is 0 Å². The predicted octanol–water partition coefficient (Wildman–Crippen LogP) is 2.14. The first-order chi connectivity index (χ1) is 14.2. The van der Waals surface area contributed by atoms with Crippen LogP contribution in [-0.4, -0.2) is 61.6 Å². The summed E-state index contributed by atoms with van der Waals surface area (Å²) in [6.45, 7) is 3.54. The SMILES string of the molecule is CCOc1ncccc1C(=O)N1CCC(Oc2ccc(-n3cccn3)nn2)CC1. The molecule has 1 amide bonds. The molecule has 3 aromatic heterocycles. The number of aromatic nitrogens is 5. The topological polar surface area (TPSA) is 95.3 Å². The molecular formula is C20H22N6O3. The minimum atomic E-state index is -0.0663. The molecule has 0 aromatic carbocycles. The molecule has 9 heteroatoms. The Morgan fingerprint density at radius 1 is 1.14 bits per heavy atom. The molecule has 0 saturated carbocycles. The summed E-state index contributed by atoms with van der Waals surface area (Å²) in [6.07, 6.45) is 6.54. The molecule has 0 radical (unpaired) electrons. The smallest absolute Gasteiger partial charge is 0.259 e. The van der Waals surface area contributed by atoms with Gasteiger partial charge in [0.2, 0.25) is 11.8 Å². The van der Waals surface area contributed by atoms with Crippen molar-refractivity contribution < 1.29 is 14.3 Å². The highest BCUT2D eigenvalue weighted by atomic mass is 16.5. The van der Waals surface area contributed by atoms with Gasteiger partial charge in [0.1, 0.15) is 11.7 Å². The van der Waals surface area contributed by atoms with Gasteiger partial charge in [-0.1, -0.05) is 0 Å². The van der Waals surface area contributed by atoms with E-state index < -0.39 is 0 Å². The molecule has 1 fully saturated rings. The molecule has 4 heterocycles. The average molecular weight is 394 g/mol. The van der Waals surface area contributed by atoms with Crippen molar-refractivity contribution in [2.24, 2.45) is 0 Å². The molecule has 0 N–H and O–H groups in total. The Kier molecular flexibility index (Phi) is 5.64. The second-order valence-electron chi connectivity index (χ2n) is 6.58. The molecule has 0 unspecified atom stereocenters.